The minimum atomic E-state index is -1.42. The van der Waals surface area contributed by atoms with Crippen molar-refractivity contribution in [1.29, 1.82) is 0 Å². The summed E-state index contributed by atoms with van der Waals surface area (Å²) in [7, 11) is -1.42. The Morgan fingerprint density at radius 1 is 1.15 bits per heavy atom. The Morgan fingerprint density at radius 2 is 1.77 bits per heavy atom. The summed E-state index contributed by atoms with van der Waals surface area (Å²) in [5.41, 5.74) is 0.976. The molecule has 1 aromatic rings. The van der Waals surface area contributed by atoms with Crippen molar-refractivity contribution in [3.8, 4) is 6.07 Å². The maximum absolute atomic E-state index is 4.20. The van der Waals surface area contributed by atoms with Crippen LogP contribution in [0.3, 0.4) is 0 Å². The van der Waals surface area contributed by atoms with Crippen LogP contribution in [0.25, 0.3) is 10.0 Å². The minimum Gasteiger partial charge on any atom is -0.321 e. The molecule has 0 saturated heterocycles. The lowest BCUT2D eigenvalue weighted by molar-refractivity contribution is 1.63. The lowest BCUT2D eigenvalue weighted by atomic mass is 10.2. The number of rotatable bonds is 1. The van der Waals surface area contributed by atoms with Gasteiger partial charge in [-0.15, -0.1) is 0 Å². The molecule has 0 aliphatic heterocycles. The lowest BCUT2D eigenvalue weighted by Gasteiger charge is -2.17. The second-order valence-electron chi connectivity index (χ2n) is 3.85. The van der Waals surface area contributed by atoms with E-state index in [1.807, 2.05) is 30.3 Å². The topological polar surface area (TPSA) is 18.5 Å². The van der Waals surface area contributed by atoms with E-state index in [-0.39, 0.29) is 0 Å². The first-order chi connectivity index (χ1) is 6.08. The largest absolute Gasteiger partial charge is 0.321 e. The molecule has 13 heavy (non-hydrogen) atoms. The Balaban J connectivity index is 2.59. The van der Waals surface area contributed by atoms with Crippen molar-refractivity contribution >= 4 is 8.24 Å². The molecule has 0 atom stereocenters. The SMILES string of the molecule is C[Si](C)(C)[N-][N+]#Cc1ccccc1. The first kappa shape index (κ1) is 9.81. The third-order valence-electron chi connectivity index (χ3n) is 1.30. The molecule has 0 aliphatic rings. The van der Waals surface area contributed by atoms with Crippen LogP contribution in [-0.2, 0) is 0 Å². The summed E-state index contributed by atoms with van der Waals surface area (Å²) in [6, 6.07) is 12.7. The van der Waals surface area contributed by atoms with Gasteiger partial charge in [-0.1, -0.05) is 42.8 Å². The molecule has 0 N–H and O–H groups in total. The van der Waals surface area contributed by atoms with Crippen LogP contribution < -0.4 is 0 Å². The Bertz CT molecular complexity index is 316. The first-order valence-electron chi connectivity index (χ1n) is 4.31. The molecular formula is C10H14N2Si. The molecule has 3 heteroatoms. The Morgan fingerprint density at radius 3 is 2.31 bits per heavy atom. The highest BCUT2D eigenvalue weighted by atomic mass is 28.3. The Kier molecular flexibility index (Phi) is 3.10. The summed E-state index contributed by atoms with van der Waals surface area (Å²) in [6.45, 7) is 6.43. The van der Waals surface area contributed by atoms with Gasteiger partial charge in [-0.05, 0) is 12.1 Å². The second kappa shape index (κ2) is 4.10. The van der Waals surface area contributed by atoms with E-state index >= 15 is 0 Å². The van der Waals surface area contributed by atoms with Gasteiger partial charge in [0.15, 0.2) is 0 Å². The van der Waals surface area contributed by atoms with Gasteiger partial charge in [-0.25, -0.2) is 0 Å². The zero-order valence-corrected chi connectivity index (χ0v) is 9.28. The van der Waals surface area contributed by atoms with Crippen molar-refractivity contribution < 1.29 is 0 Å². The molecule has 1 rings (SSSR count). The molecule has 68 valence electrons. The molecule has 0 saturated carbocycles. The molecule has 0 fully saturated rings. The minimum absolute atomic E-state index is 0.976. The van der Waals surface area contributed by atoms with Gasteiger partial charge in [0, 0.05) is 8.24 Å². The summed E-state index contributed by atoms with van der Waals surface area (Å²) in [5.74, 6) is 0. The molecule has 0 unspecified atom stereocenters. The van der Waals surface area contributed by atoms with Crippen molar-refractivity contribution in [2.75, 3.05) is 0 Å². The van der Waals surface area contributed by atoms with Gasteiger partial charge in [0.1, 0.15) is 5.56 Å². The smallest absolute Gasteiger partial charge is 0.309 e. The molecule has 0 heterocycles. The quantitative estimate of drug-likeness (QED) is 0.477. The molecule has 2 nitrogen and oxygen atoms in total. The summed E-state index contributed by atoms with van der Waals surface area (Å²) < 4.78 is 0. The number of hydrogen-bond acceptors (Lipinski definition) is 0. The van der Waals surface area contributed by atoms with E-state index in [0.29, 0.717) is 0 Å². The zero-order valence-electron chi connectivity index (χ0n) is 8.28. The number of hydrogen-bond donors (Lipinski definition) is 0. The van der Waals surface area contributed by atoms with Gasteiger partial charge >= 0.3 is 6.07 Å². The molecule has 0 amide bonds. The van der Waals surface area contributed by atoms with E-state index in [1.165, 1.54) is 0 Å². The average molecular weight is 190 g/mol. The van der Waals surface area contributed by atoms with Gasteiger partial charge in [0.05, 0.1) is 0 Å². The number of nitrogens with zero attached hydrogens (tertiary/aromatic N) is 2. The Labute approximate surface area is 80.5 Å². The zero-order chi connectivity index (χ0) is 9.73. The fourth-order valence-electron chi connectivity index (χ4n) is 0.745. The van der Waals surface area contributed by atoms with E-state index in [0.717, 1.165) is 5.56 Å². The van der Waals surface area contributed by atoms with E-state index in [4.69, 9.17) is 0 Å². The van der Waals surface area contributed by atoms with Gasteiger partial charge in [-0.3, -0.25) is 0 Å². The van der Waals surface area contributed by atoms with Gasteiger partial charge in [0.2, 0.25) is 0 Å². The van der Waals surface area contributed by atoms with E-state index in [2.05, 4.69) is 35.8 Å². The van der Waals surface area contributed by atoms with E-state index < -0.39 is 8.24 Å². The third-order valence-corrected chi connectivity index (χ3v) is 2.00. The van der Waals surface area contributed by atoms with Crippen LogP contribution in [0.15, 0.2) is 30.3 Å². The second-order valence-corrected chi connectivity index (χ2v) is 8.39. The molecule has 0 radical (unpaired) electrons. The standard InChI is InChI=1S/C10H14N2Si/c1-13(2,3)12-11-9-10-7-5-4-6-8-10/h4-8H,1-3H3. The van der Waals surface area contributed by atoms with Gasteiger partial charge < -0.3 is 5.09 Å². The van der Waals surface area contributed by atoms with Crippen LogP contribution in [0.4, 0.5) is 0 Å². The van der Waals surface area contributed by atoms with Crippen LogP contribution in [-0.4, -0.2) is 8.24 Å². The van der Waals surface area contributed by atoms with Crippen LogP contribution in [0, 0.1) is 6.07 Å². The van der Waals surface area contributed by atoms with Crippen LogP contribution in [0.1, 0.15) is 5.56 Å². The van der Waals surface area contributed by atoms with Crippen molar-refractivity contribution in [2.45, 2.75) is 19.6 Å². The lowest BCUT2D eigenvalue weighted by Crippen LogP contribution is -2.15. The molecule has 0 spiro atoms. The number of benzene rings is 1. The monoisotopic (exact) mass is 190 g/mol. The third kappa shape index (κ3) is 4.34. The highest BCUT2D eigenvalue weighted by Crippen LogP contribution is 2.10. The summed E-state index contributed by atoms with van der Waals surface area (Å²) >= 11 is 0. The fraction of sp³-hybridized carbons (Fsp3) is 0.300. The van der Waals surface area contributed by atoms with Crippen molar-refractivity contribution in [2.24, 2.45) is 0 Å². The van der Waals surface area contributed by atoms with Crippen LogP contribution in [0.2, 0.25) is 19.6 Å². The van der Waals surface area contributed by atoms with Crippen molar-refractivity contribution in [3.05, 3.63) is 45.9 Å². The van der Waals surface area contributed by atoms with Crippen molar-refractivity contribution in [1.82, 2.24) is 0 Å². The fourth-order valence-corrected chi connectivity index (χ4v) is 1.10. The maximum atomic E-state index is 4.20. The van der Waals surface area contributed by atoms with E-state index in [9.17, 15) is 0 Å². The van der Waals surface area contributed by atoms with Crippen molar-refractivity contribution in [3.63, 3.8) is 0 Å². The average Bonchev–Trinajstić information content (AvgIpc) is 2.04. The first-order valence-corrected chi connectivity index (χ1v) is 7.76. The Hall–Kier alpha value is -1.27. The summed E-state index contributed by atoms with van der Waals surface area (Å²) in [4.78, 5) is 3.95. The highest BCUT2D eigenvalue weighted by Gasteiger charge is 2.03. The van der Waals surface area contributed by atoms with Gasteiger partial charge in [0.25, 0.3) is 0 Å². The molecule has 0 bridgehead atoms. The summed E-state index contributed by atoms with van der Waals surface area (Å²) in [5, 5.41) is 4.20. The molecule has 0 aliphatic carbocycles. The van der Waals surface area contributed by atoms with Crippen LogP contribution >= 0.6 is 0 Å². The normalized spacial score (nSPS) is 10.1. The summed E-state index contributed by atoms with van der Waals surface area (Å²) in [6.07, 6.45) is 0. The van der Waals surface area contributed by atoms with E-state index in [1.54, 1.807) is 0 Å². The predicted octanol–water partition coefficient (Wildman–Crippen LogP) is 3.49. The van der Waals surface area contributed by atoms with Crippen LogP contribution in [0.5, 0.6) is 0 Å². The predicted molar refractivity (Wildman–Crippen MR) is 59.5 cm³/mol. The molecule has 1 aromatic carbocycles. The maximum Gasteiger partial charge on any atom is 0.309 e. The molecular weight excluding hydrogens is 176 g/mol. The van der Waals surface area contributed by atoms with Gasteiger partial charge in [-0.2, -0.15) is 0 Å². The molecule has 0 aromatic heterocycles. The highest BCUT2D eigenvalue weighted by molar-refractivity contribution is 6.80.